The van der Waals surface area contributed by atoms with Gasteiger partial charge in [-0.2, -0.15) is 0 Å². The van der Waals surface area contributed by atoms with Gasteiger partial charge < -0.3 is 0 Å². The number of nitrogens with zero attached hydrogens (tertiary/aromatic N) is 1. The summed E-state index contributed by atoms with van der Waals surface area (Å²) in [5.74, 6) is 0. The van der Waals surface area contributed by atoms with Gasteiger partial charge in [-0.3, -0.25) is 4.99 Å². The Bertz CT molecular complexity index is 327. The van der Waals surface area contributed by atoms with Crippen molar-refractivity contribution in [2.45, 2.75) is 20.3 Å². The summed E-state index contributed by atoms with van der Waals surface area (Å²) in [7, 11) is 0. The second-order valence-electron chi connectivity index (χ2n) is 3.20. The summed E-state index contributed by atoms with van der Waals surface area (Å²) < 4.78 is 0. The second kappa shape index (κ2) is 5.38. The summed E-state index contributed by atoms with van der Waals surface area (Å²) in [5.41, 5.74) is 3.68. The van der Waals surface area contributed by atoms with Crippen molar-refractivity contribution >= 4 is 5.71 Å². The van der Waals surface area contributed by atoms with Gasteiger partial charge >= 0.3 is 0 Å². The predicted molar refractivity (Wildman–Crippen MR) is 63.8 cm³/mol. The van der Waals surface area contributed by atoms with Gasteiger partial charge in [-0.25, -0.2) is 0 Å². The van der Waals surface area contributed by atoms with Crippen LogP contribution in [0, 0.1) is 0 Å². The summed E-state index contributed by atoms with van der Waals surface area (Å²) in [6, 6.07) is 0. The standard InChI is InChI=1S/C13H17N/c1-4-7-8-12(6-3)13-9-11(5-2)10-14-13/h4,6-9H,1,5,10H2,2-3H3/b8-7-,12-6+. The van der Waals surface area contributed by atoms with Crippen LogP contribution in [0.15, 0.2) is 53.1 Å². The lowest BCUT2D eigenvalue weighted by Crippen LogP contribution is -1.93. The summed E-state index contributed by atoms with van der Waals surface area (Å²) in [6.07, 6.45) is 11.1. The molecule has 0 atom stereocenters. The third-order valence-corrected chi connectivity index (χ3v) is 2.27. The molecule has 14 heavy (non-hydrogen) atoms. The molecule has 1 heteroatoms. The van der Waals surface area contributed by atoms with Crippen LogP contribution >= 0.6 is 0 Å². The molecule has 0 N–H and O–H groups in total. The van der Waals surface area contributed by atoms with Crippen LogP contribution in [0.5, 0.6) is 0 Å². The van der Waals surface area contributed by atoms with E-state index in [2.05, 4.69) is 30.6 Å². The maximum atomic E-state index is 4.48. The van der Waals surface area contributed by atoms with Crippen LogP contribution in [0.3, 0.4) is 0 Å². The lowest BCUT2D eigenvalue weighted by atomic mass is 10.1. The van der Waals surface area contributed by atoms with Gasteiger partial charge in [-0.15, -0.1) is 0 Å². The maximum absolute atomic E-state index is 4.48. The van der Waals surface area contributed by atoms with E-state index in [9.17, 15) is 0 Å². The third kappa shape index (κ3) is 2.56. The number of aliphatic imine (C=N–C) groups is 1. The Labute approximate surface area is 86.2 Å². The van der Waals surface area contributed by atoms with Crippen molar-refractivity contribution in [3.63, 3.8) is 0 Å². The zero-order chi connectivity index (χ0) is 10.4. The van der Waals surface area contributed by atoms with Crippen LogP contribution < -0.4 is 0 Å². The molecule has 0 fully saturated rings. The summed E-state index contributed by atoms with van der Waals surface area (Å²) in [6.45, 7) is 8.72. The van der Waals surface area contributed by atoms with Crippen LogP contribution in [0.4, 0.5) is 0 Å². The van der Waals surface area contributed by atoms with Crippen LogP contribution in [0.2, 0.25) is 0 Å². The molecular formula is C13H17N. The highest BCUT2D eigenvalue weighted by Gasteiger charge is 2.07. The normalized spacial score (nSPS) is 17.1. The van der Waals surface area contributed by atoms with Gasteiger partial charge in [0.2, 0.25) is 0 Å². The van der Waals surface area contributed by atoms with Crippen molar-refractivity contribution in [1.82, 2.24) is 0 Å². The van der Waals surface area contributed by atoms with Gasteiger partial charge in [0, 0.05) is 0 Å². The predicted octanol–water partition coefficient (Wildman–Crippen LogP) is 3.47. The van der Waals surface area contributed by atoms with E-state index >= 15 is 0 Å². The number of rotatable bonds is 4. The molecule has 1 rings (SSSR count). The van der Waals surface area contributed by atoms with E-state index < -0.39 is 0 Å². The van der Waals surface area contributed by atoms with E-state index in [1.807, 2.05) is 19.1 Å². The lowest BCUT2D eigenvalue weighted by Gasteiger charge is -1.96. The molecule has 0 aromatic rings. The average molecular weight is 187 g/mol. The molecule has 0 radical (unpaired) electrons. The largest absolute Gasteiger partial charge is 0.280 e. The number of hydrogen-bond donors (Lipinski definition) is 0. The molecule has 1 aliphatic heterocycles. The first-order valence-corrected chi connectivity index (χ1v) is 5.01. The Balaban J connectivity index is 2.78. The van der Waals surface area contributed by atoms with E-state index in [1.165, 1.54) is 11.1 Å². The zero-order valence-corrected chi connectivity index (χ0v) is 8.96. The van der Waals surface area contributed by atoms with E-state index in [0.717, 1.165) is 18.7 Å². The molecule has 0 saturated heterocycles. The Hall–Kier alpha value is -1.37. The Morgan fingerprint density at radius 3 is 2.93 bits per heavy atom. The van der Waals surface area contributed by atoms with Crippen molar-refractivity contribution in [3.8, 4) is 0 Å². The molecule has 0 saturated carbocycles. The molecule has 0 amide bonds. The molecular weight excluding hydrogens is 170 g/mol. The van der Waals surface area contributed by atoms with E-state index in [4.69, 9.17) is 0 Å². The van der Waals surface area contributed by atoms with E-state index in [-0.39, 0.29) is 0 Å². The Morgan fingerprint density at radius 2 is 2.43 bits per heavy atom. The van der Waals surface area contributed by atoms with Gasteiger partial charge in [0.25, 0.3) is 0 Å². The second-order valence-corrected chi connectivity index (χ2v) is 3.20. The van der Waals surface area contributed by atoms with E-state index in [0.29, 0.717) is 0 Å². The highest BCUT2D eigenvalue weighted by molar-refractivity contribution is 6.11. The van der Waals surface area contributed by atoms with Crippen molar-refractivity contribution in [2.24, 2.45) is 4.99 Å². The van der Waals surface area contributed by atoms with Crippen LogP contribution in [-0.2, 0) is 0 Å². The van der Waals surface area contributed by atoms with Crippen LogP contribution in [0.25, 0.3) is 0 Å². The van der Waals surface area contributed by atoms with Crippen molar-refractivity contribution in [2.75, 3.05) is 6.54 Å². The fourth-order valence-electron chi connectivity index (χ4n) is 1.36. The molecule has 1 heterocycles. The van der Waals surface area contributed by atoms with Gasteiger partial charge in [0.05, 0.1) is 12.3 Å². The SMILES string of the molecule is C=C/C=C\C(=C/C)C1=NCC(CC)=C1. The van der Waals surface area contributed by atoms with Crippen molar-refractivity contribution < 1.29 is 0 Å². The van der Waals surface area contributed by atoms with Gasteiger partial charge in [-0.1, -0.05) is 37.8 Å². The zero-order valence-electron chi connectivity index (χ0n) is 8.96. The Kier molecular flexibility index (Phi) is 4.11. The van der Waals surface area contributed by atoms with Crippen molar-refractivity contribution in [3.05, 3.63) is 48.1 Å². The first-order chi connectivity index (χ1) is 6.81. The third-order valence-electron chi connectivity index (χ3n) is 2.27. The quantitative estimate of drug-likeness (QED) is 0.598. The molecule has 74 valence electrons. The first-order valence-electron chi connectivity index (χ1n) is 5.01. The molecule has 0 unspecified atom stereocenters. The Morgan fingerprint density at radius 1 is 1.64 bits per heavy atom. The number of hydrogen-bond acceptors (Lipinski definition) is 1. The van der Waals surface area contributed by atoms with Gasteiger partial charge in [0.1, 0.15) is 0 Å². The van der Waals surface area contributed by atoms with Gasteiger partial charge in [0.15, 0.2) is 0 Å². The minimum Gasteiger partial charge on any atom is -0.280 e. The maximum Gasteiger partial charge on any atom is 0.0647 e. The minimum atomic E-state index is 0.866. The molecule has 0 aromatic carbocycles. The van der Waals surface area contributed by atoms with Crippen LogP contribution in [-0.4, -0.2) is 12.3 Å². The first kappa shape index (κ1) is 10.7. The lowest BCUT2D eigenvalue weighted by molar-refractivity contribution is 1.03. The highest BCUT2D eigenvalue weighted by Crippen LogP contribution is 2.14. The summed E-state index contributed by atoms with van der Waals surface area (Å²) in [5, 5.41) is 0. The molecule has 1 nitrogen and oxygen atoms in total. The fourth-order valence-corrected chi connectivity index (χ4v) is 1.36. The fraction of sp³-hybridized carbons (Fsp3) is 0.308. The smallest absolute Gasteiger partial charge is 0.0647 e. The monoisotopic (exact) mass is 187 g/mol. The summed E-state index contributed by atoms with van der Waals surface area (Å²) >= 11 is 0. The molecule has 0 bridgehead atoms. The van der Waals surface area contributed by atoms with Crippen molar-refractivity contribution in [1.29, 1.82) is 0 Å². The van der Waals surface area contributed by atoms with E-state index in [1.54, 1.807) is 6.08 Å². The average Bonchev–Trinajstić information content (AvgIpc) is 2.68. The highest BCUT2D eigenvalue weighted by atomic mass is 14.8. The molecule has 0 aliphatic carbocycles. The number of allylic oxidation sites excluding steroid dienone is 6. The molecule has 1 aliphatic rings. The van der Waals surface area contributed by atoms with Gasteiger partial charge in [-0.05, 0) is 30.6 Å². The molecule has 0 spiro atoms. The minimum absolute atomic E-state index is 0.866. The van der Waals surface area contributed by atoms with Crippen LogP contribution in [0.1, 0.15) is 20.3 Å². The molecule has 0 aromatic heterocycles. The summed E-state index contributed by atoms with van der Waals surface area (Å²) in [4.78, 5) is 4.48. The topological polar surface area (TPSA) is 12.4 Å².